The molecule has 0 radical (unpaired) electrons. The van der Waals surface area contributed by atoms with E-state index in [1.165, 1.54) is 250 Å². The van der Waals surface area contributed by atoms with E-state index in [9.17, 15) is 61.0 Å². The molecule has 0 saturated carbocycles. The summed E-state index contributed by atoms with van der Waals surface area (Å²) in [5.74, 6) is -0.286. The molecule has 3 fully saturated rings. The zero-order valence-corrected chi connectivity index (χ0v) is 64.5. The summed E-state index contributed by atoms with van der Waals surface area (Å²) in [6.45, 7) is 1.74. The van der Waals surface area contributed by atoms with Gasteiger partial charge in [0.25, 0.3) is 0 Å². The fraction of sp³-hybridized carbons (Fsp3) is 0.869. The molecule has 3 aliphatic heterocycles. The first-order valence-electron chi connectivity index (χ1n) is 42.0. The Kier molecular flexibility index (Phi) is 59.1. The number of allylic oxidation sites excluding steroid dienone is 9. The molecule has 0 aromatic carbocycles. The summed E-state index contributed by atoms with van der Waals surface area (Å²) >= 11 is 0. The van der Waals surface area contributed by atoms with Crippen LogP contribution in [0.25, 0.3) is 0 Å². The van der Waals surface area contributed by atoms with Gasteiger partial charge in [-0.05, 0) is 77.0 Å². The first-order chi connectivity index (χ1) is 50.3. The summed E-state index contributed by atoms with van der Waals surface area (Å²) in [5.41, 5.74) is 0. The van der Waals surface area contributed by atoms with Crippen molar-refractivity contribution in [1.82, 2.24) is 5.32 Å². The van der Waals surface area contributed by atoms with Gasteiger partial charge in [0, 0.05) is 6.42 Å². The van der Waals surface area contributed by atoms with Crippen molar-refractivity contribution in [3.63, 3.8) is 0 Å². The normalized spacial score (nSPS) is 26.3. The Morgan fingerprint density at radius 2 is 0.650 bits per heavy atom. The number of amides is 1. The van der Waals surface area contributed by atoms with Gasteiger partial charge in [-0.2, -0.15) is 0 Å². The third kappa shape index (κ3) is 44.1. The van der Waals surface area contributed by atoms with Crippen molar-refractivity contribution in [3.8, 4) is 0 Å². The summed E-state index contributed by atoms with van der Waals surface area (Å²) in [5, 5.41) is 121. The number of carbonyl (C=O) groups excluding carboxylic acids is 1. The minimum absolute atomic E-state index is 0.231. The second-order valence-corrected chi connectivity index (χ2v) is 29.9. The van der Waals surface area contributed by atoms with Gasteiger partial charge in [0.05, 0.1) is 38.6 Å². The van der Waals surface area contributed by atoms with Crippen molar-refractivity contribution >= 4 is 5.91 Å². The van der Waals surface area contributed by atoms with E-state index in [0.717, 1.165) is 51.4 Å². The number of rotatable bonds is 67. The molecule has 1 amide bonds. The molecular formula is C84H153NO18. The van der Waals surface area contributed by atoms with Crippen LogP contribution in [0, 0.1) is 0 Å². The van der Waals surface area contributed by atoms with Crippen LogP contribution in [0.1, 0.15) is 335 Å². The third-order valence-corrected chi connectivity index (χ3v) is 20.8. The third-order valence-electron chi connectivity index (χ3n) is 20.8. The Balaban J connectivity index is 1.38. The lowest BCUT2D eigenvalue weighted by atomic mass is 9.96. The molecule has 3 heterocycles. The second kappa shape index (κ2) is 64.3. The molecule has 3 rings (SSSR count). The summed E-state index contributed by atoms with van der Waals surface area (Å²) in [6, 6.07) is -1.00. The van der Waals surface area contributed by atoms with Crippen LogP contribution >= 0.6 is 0 Å². The molecule has 602 valence electrons. The molecule has 3 aliphatic rings. The van der Waals surface area contributed by atoms with Crippen LogP contribution in [0.3, 0.4) is 0 Å². The highest BCUT2D eigenvalue weighted by Crippen LogP contribution is 2.33. The van der Waals surface area contributed by atoms with E-state index >= 15 is 0 Å². The van der Waals surface area contributed by atoms with Crippen LogP contribution < -0.4 is 5.32 Å². The van der Waals surface area contributed by atoms with Crippen molar-refractivity contribution in [2.24, 2.45) is 0 Å². The molecule has 17 atom stereocenters. The number of aliphatic hydroxyl groups excluding tert-OH is 11. The van der Waals surface area contributed by atoms with E-state index in [4.69, 9.17) is 28.4 Å². The van der Waals surface area contributed by atoms with Crippen molar-refractivity contribution < 1.29 is 89.4 Å². The number of carbonyl (C=O) groups is 1. The number of unbranched alkanes of at least 4 members (excludes halogenated alkanes) is 43. The molecule has 0 aromatic heterocycles. The van der Waals surface area contributed by atoms with E-state index in [2.05, 4.69) is 67.8 Å². The van der Waals surface area contributed by atoms with Crippen molar-refractivity contribution in [2.45, 2.75) is 439 Å². The topological polar surface area (TPSA) is 307 Å². The van der Waals surface area contributed by atoms with E-state index < -0.39 is 124 Å². The van der Waals surface area contributed by atoms with Crippen LogP contribution in [0.2, 0.25) is 0 Å². The minimum atomic E-state index is -1.99. The van der Waals surface area contributed by atoms with Crippen molar-refractivity contribution in [3.05, 3.63) is 60.8 Å². The highest BCUT2D eigenvalue weighted by Gasteiger charge is 2.54. The van der Waals surface area contributed by atoms with E-state index in [1.807, 2.05) is 6.08 Å². The van der Waals surface area contributed by atoms with Gasteiger partial charge >= 0.3 is 0 Å². The lowest BCUT2D eigenvalue weighted by molar-refractivity contribution is -0.379. The Hall–Kier alpha value is -2.51. The Bertz CT molecular complexity index is 2090. The van der Waals surface area contributed by atoms with Gasteiger partial charge in [-0.15, -0.1) is 0 Å². The summed E-state index contributed by atoms with van der Waals surface area (Å²) in [4.78, 5) is 13.5. The smallest absolute Gasteiger partial charge is 0.220 e. The molecule has 0 spiro atoms. The second-order valence-electron chi connectivity index (χ2n) is 29.9. The van der Waals surface area contributed by atoms with Gasteiger partial charge in [0.1, 0.15) is 73.2 Å². The average molecular weight is 1470 g/mol. The van der Waals surface area contributed by atoms with Gasteiger partial charge in [0.2, 0.25) is 5.91 Å². The highest BCUT2D eigenvalue weighted by atomic mass is 16.8. The van der Waals surface area contributed by atoms with Crippen LogP contribution in [-0.2, 0) is 33.2 Å². The molecule has 0 bridgehead atoms. The summed E-state index contributed by atoms with van der Waals surface area (Å²) < 4.78 is 34.5. The molecular weight excluding hydrogens is 1310 g/mol. The lowest BCUT2D eigenvalue weighted by Crippen LogP contribution is -2.66. The lowest BCUT2D eigenvalue weighted by Gasteiger charge is -2.48. The van der Waals surface area contributed by atoms with Gasteiger partial charge in [-0.25, -0.2) is 0 Å². The van der Waals surface area contributed by atoms with Gasteiger partial charge < -0.3 is 89.9 Å². The van der Waals surface area contributed by atoms with Crippen LogP contribution in [-0.4, -0.2) is 193 Å². The fourth-order valence-corrected chi connectivity index (χ4v) is 14.0. The van der Waals surface area contributed by atoms with Crippen molar-refractivity contribution in [1.29, 1.82) is 0 Å². The number of ether oxygens (including phenoxy) is 6. The Morgan fingerprint density at radius 3 is 1.03 bits per heavy atom. The molecule has 0 aromatic rings. The maximum absolute atomic E-state index is 13.5. The first kappa shape index (κ1) is 94.7. The van der Waals surface area contributed by atoms with E-state index in [0.29, 0.717) is 12.8 Å². The van der Waals surface area contributed by atoms with Crippen LogP contribution in [0.4, 0.5) is 0 Å². The highest BCUT2D eigenvalue weighted by molar-refractivity contribution is 5.76. The zero-order chi connectivity index (χ0) is 74.6. The SMILES string of the molecule is CCCCCCC/C=C\C/C=C\CCCCCCCCCCCCCCCCCC(=O)NC(COC1OC(CO)C(OC2OC(CO)C(OC3OC(CO)C(O)C(O)C3O)C(O)C2O)C(O)C1O)C(O)/C=C/CC/C=C/CC/C=C/CCCCCCCCCCCCCCCCCCCCCCC. The molecule has 0 aliphatic carbocycles. The average Bonchev–Trinajstić information content (AvgIpc) is 0.781. The maximum Gasteiger partial charge on any atom is 0.220 e. The zero-order valence-electron chi connectivity index (χ0n) is 64.5. The minimum Gasteiger partial charge on any atom is -0.394 e. The summed E-state index contributed by atoms with van der Waals surface area (Å²) in [6.07, 6.45) is 56.5. The van der Waals surface area contributed by atoms with Gasteiger partial charge in [-0.3, -0.25) is 4.79 Å². The maximum atomic E-state index is 13.5. The summed E-state index contributed by atoms with van der Waals surface area (Å²) in [7, 11) is 0. The first-order valence-corrected chi connectivity index (χ1v) is 42.0. The number of hydrogen-bond donors (Lipinski definition) is 12. The number of nitrogens with one attached hydrogen (secondary N) is 1. The predicted octanol–water partition coefficient (Wildman–Crippen LogP) is 14.6. The quantitative estimate of drug-likeness (QED) is 0.0199. The number of aliphatic hydroxyl groups is 11. The standard InChI is InChI=1S/C84H153NO18/c1-3-5-7-9-11-13-15-17-19-21-23-25-27-29-31-32-33-34-36-37-39-41-43-45-47-49-51-53-55-57-59-61-68(89)67(85-72(90)62-60-58-56-54-52-50-48-46-44-42-40-38-35-30-28-26-24-22-20-18-16-14-12-10-8-6-4-2)66-98-82-78(96)75(93)80(70(64-87)100-82)103-84-79(97)76(94)81(71(65-88)101-84)102-83-77(95)74(92)73(91)69(63-86)99-83/h16,18,22,24,43,45,51,53,59,61,67-71,73-84,86-89,91-97H,3-15,17,19-21,23,25-42,44,46-50,52,54-58,60,62-66H2,1-2H3,(H,85,90)/b18-16-,24-22-,45-43+,53-51+,61-59+. The predicted molar refractivity (Wildman–Crippen MR) is 411 cm³/mol. The Labute approximate surface area is 624 Å². The molecule has 17 unspecified atom stereocenters. The van der Waals surface area contributed by atoms with Gasteiger partial charge in [0.15, 0.2) is 18.9 Å². The van der Waals surface area contributed by atoms with Crippen LogP contribution in [0.5, 0.6) is 0 Å². The molecule has 19 nitrogen and oxygen atoms in total. The molecule has 3 saturated heterocycles. The monoisotopic (exact) mass is 1460 g/mol. The Morgan fingerprint density at radius 1 is 0.350 bits per heavy atom. The number of hydrogen-bond acceptors (Lipinski definition) is 18. The largest absolute Gasteiger partial charge is 0.394 e. The molecule has 12 N–H and O–H groups in total. The van der Waals surface area contributed by atoms with Gasteiger partial charge in [-0.1, -0.05) is 312 Å². The molecule has 19 heteroatoms. The molecule has 103 heavy (non-hydrogen) atoms. The van der Waals surface area contributed by atoms with E-state index in [1.54, 1.807) is 6.08 Å². The van der Waals surface area contributed by atoms with E-state index in [-0.39, 0.29) is 18.9 Å². The van der Waals surface area contributed by atoms with Crippen molar-refractivity contribution in [2.75, 3.05) is 26.4 Å². The fourth-order valence-electron chi connectivity index (χ4n) is 14.0. The van der Waals surface area contributed by atoms with Crippen LogP contribution in [0.15, 0.2) is 60.8 Å².